The van der Waals surface area contributed by atoms with Crippen molar-refractivity contribution in [2.45, 2.75) is 13.0 Å². The van der Waals surface area contributed by atoms with Gasteiger partial charge in [0.2, 0.25) is 6.79 Å². The van der Waals surface area contributed by atoms with Gasteiger partial charge in [0.05, 0.1) is 22.9 Å². The Morgan fingerprint density at radius 1 is 1.00 bits per heavy atom. The van der Waals surface area contributed by atoms with Gasteiger partial charge in [-0.3, -0.25) is 9.78 Å². The van der Waals surface area contributed by atoms with Crippen molar-refractivity contribution in [3.8, 4) is 28.5 Å². The summed E-state index contributed by atoms with van der Waals surface area (Å²) < 4.78 is 16.4. The summed E-state index contributed by atoms with van der Waals surface area (Å²) >= 11 is 0. The summed E-state index contributed by atoms with van der Waals surface area (Å²) in [5, 5.41) is 2.83. The van der Waals surface area contributed by atoms with Crippen LogP contribution in [0.2, 0.25) is 0 Å². The highest BCUT2D eigenvalue weighted by Crippen LogP contribution is 2.34. The molecule has 31 heavy (non-hydrogen) atoms. The number of para-hydroxylation sites is 2. The molecule has 7 heteroatoms. The van der Waals surface area contributed by atoms with E-state index in [9.17, 15) is 4.79 Å². The summed E-state index contributed by atoms with van der Waals surface area (Å²) in [5.74, 6) is 1.60. The lowest BCUT2D eigenvalue weighted by Crippen LogP contribution is -2.30. The largest absolute Gasteiger partial charge is 0.481 e. The molecule has 1 aliphatic heterocycles. The Hall–Kier alpha value is -4.13. The molecular weight excluding hydrogens is 394 g/mol. The third-order valence-electron chi connectivity index (χ3n) is 4.92. The summed E-state index contributed by atoms with van der Waals surface area (Å²) in [6.07, 6.45) is 1.07. The summed E-state index contributed by atoms with van der Waals surface area (Å²) in [6, 6.07) is 20.4. The van der Waals surface area contributed by atoms with Gasteiger partial charge in [0.15, 0.2) is 17.6 Å². The van der Waals surface area contributed by atoms with Crippen LogP contribution in [-0.4, -0.2) is 28.8 Å². The standard InChI is InChI=1S/C24H19N3O4/c1-15(24(28)26-17-8-11-22-23(12-17)30-14-29-22)31-18-9-6-16(7-10-18)21-13-25-19-4-2-3-5-20(19)27-21/h2-13,15H,14H2,1H3,(H,26,28)/t15-/m1/s1. The first-order valence-corrected chi connectivity index (χ1v) is 9.85. The van der Waals surface area contributed by atoms with Gasteiger partial charge in [-0.1, -0.05) is 12.1 Å². The molecule has 7 nitrogen and oxygen atoms in total. The molecule has 0 spiro atoms. The molecule has 5 rings (SSSR count). The molecular formula is C24H19N3O4. The molecule has 1 atom stereocenters. The number of hydrogen-bond acceptors (Lipinski definition) is 6. The number of nitrogens with one attached hydrogen (secondary N) is 1. The lowest BCUT2D eigenvalue weighted by Gasteiger charge is -2.15. The fourth-order valence-electron chi connectivity index (χ4n) is 3.28. The van der Waals surface area contributed by atoms with E-state index < -0.39 is 6.10 Å². The third-order valence-corrected chi connectivity index (χ3v) is 4.92. The Morgan fingerprint density at radius 2 is 1.77 bits per heavy atom. The van der Waals surface area contributed by atoms with E-state index in [1.807, 2.05) is 48.5 Å². The second kappa shape index (κ2) is 7.95. The van der Waals surface area contributed by atoms with E-state index in [1.54, 1.807) is 31.3 Å². The number of amides is 1. The van der Waals surface area contributed by atoms with Crippen LogP contribution in [0.15, 0.2) is 72.9 Å². The van der Waals surface area contributed by atoms with E-state index in [0.717, 1.165) is 22.3 Å². The maximum absolute atomic E-state index is 12.5. The lowest BCUT2D eigenvalue weighted by atomic mass is 10.1. The van der Waals surface area contributed by atoms with Crippen molar-refractivity contribution < 1.29 is 19.0 Å². The van der Waals surface area contributed by atoms with Crippen LogP contribution in [0.25, 0.3) is 22.3 Å². The minimum atomic E-state index is -0.684. The molecule has 0 saturated carbocycles. The highest BCUT2D eigenvalue weighted by molar-refractivity contribution is 5.94. The number of carbonyl (C=O) groups excluding carboxylic acids is 1. The smallest absolute Gasteiger partial charge is 0.265 e. The molecule has 0 saturated heterocycles. The first-order valence-electron chi connectivity index (χ1n) is 9.85. The predicted molar refractivity (Wildman–Crippen MR) is 116 cm³/mol. The lowest BCUT2D eigenvalue weighted by molar-refractivity contribution is -0.122. The number of hydrogen-bond donors (Lipinski definition) is 1. The van der Waals surface area contributed by atoms with E-state index >= 15 is 0 Å². The van der Waals surface area contributed by atoms with Gasteiger partial charge < -0.3 is 19.5 Å². The Balaban J connectivity index is 1.24. The first-order chi connectivity index (χ1) is 15.2. The van der Waals surface area contributed by atoms with Crippen LogP contribution in [0, 0.1) is 0 Å². The second-order valence-corrected chi connectivity index (χ2v) is 7.09. The fraction of sp³-hybridized carbons (Fsp3) is 0.125. The summed E-state index contributed by atoms with van der Waals surface area (Å²) in [5.41, 5.74) is 4.01. The maximum Gasteiger partial charge on any atom is 0.265 e. The van der Waals surface area contributed by atoms with Gasteiger partial charge in [-0.15, -0.1) is 0 Å². The average molecular weight is 413 g/mol. The SMILES string of the molecule is C[C@@H](Oc1ccc(-c2cnc3ccccc3n2)cc1)C(=O)Nc1ccc2c(c1)OCO2. The van der Waals surface area contributed by atoms with Crippen molar-refractivity contribution in [2.75, 3.05) is 12.1 Å². The first kappa shape index (κ1) is 18.9. The number of fused-ring (bicyclic) bond motifs is 2. The van der Waals surface area contributed by atoms with E-state index in [4.69, 9.17) is 14.2 Å². The number of rotatable bonds is 5. The molecule has 2 heterocycles. The minimum Gasteiger partial charge on any atom is -0.481 e. The van der Waals surface area contributed by atoms with Crippen LogP contribution < -0.4 is 19.5 Å². The van der Waals surface area contributed by atoms with Crippen LogP contribution in [0.4, 0.5) is 5.69 Å². The molecule has 0 bridgehead atoms. The third kappa shape index (κ3) is 3.98. The normalized spacial score (nSPS) is 13.1. The second-order valence-electron chi connectivity index (χ2n) is 7.09. The molecule has 154 valence electrons. The number of benzene rings is 3. The van der Waals surface area contributed by atoms with Crippen molar-refractivity contribution in [3.05, 3.63) is 72.9 Å². The van der Waals surface area contributed by atoms with E-state index in [0.29, 0.717) is 22.9 Å². The maximum atomic E-state index is 12.5. The Kier molecular flexibility index (Phi) is 4.84. The van der Waals surface area contributed by atoms with E-state index in [-0.39, 0.29) is 12.7 Å². The number of nitrogens with zero attached hydrogens (tertiary/aromatic N) is 2. The highest BCUT2D eigenvalue weighted by Gasteiger charge is 2.18. The van der Waals surface area contributed by atoms with Crippen molar-refractivity contribution in [2.24, 2.45) is 0 Å². The summed E-state index contributed by atoms with van der Waals surface area (Å²) in [6.45, 7) is 1.89. The number of aromatic nitrogens is 2. The van der Waals surface area contributed by atoms with Gasteiger partial charge in [-0.05, 0) is 55.5 Å². The van der Waals surface area contributed by atoms with E-state index in [2.05, 4.69) is 15.3 Å². The van der Waals surface area contributed by atoms with Gasteiger partial charge in [0, 0.05) is 17.3 Å². The topological polar surface area (TPSA) is 82.6 Å². The minimum absolute atomic E-state index is 0.188. The molecule has 0 unspecified atom stereocenters. The zero-order chi connectivity index (χ0) is 21.2. The highest BCUT2D eigenvalue weighted by atomic mass is 16.7. The van der Waals surface area contributed by atoms with Crippen LogP contribution in [0.1, 0.15) is 6.92 Å². The molecule has 0 fully saturated rings. The van der Waals surface area contributed by atoms with Gasteiger partial charge in [0.1, 0.15) is 5.75 Å². The Labute approximate surface area is 178 Å². The van der Waals surface area contributed by atoms with Crippen LogP contribution in [-0.2, 0) is 4.79 Å². The van der Waals surface area contributed by atoms with Gasteiger partial charge in [-0.2, -0.15) is 0 Å². The van der Waals surface area contributed by atoms with E-state index in [1.165, 1.54) is 0 Å². The van der Waals surface area contributed by atoms with Crippen molar-refractivity contribution >= 4 is 22.6 Å². The van der Waals surface area contributed by atoms with Gasteiger partial charge in [0.25, 0.3) is 5.91 Å². The van der Waals surface area contributed by atoms with Crippen LogP contribution in [0.5, 0.6) is 17.2 Å². The number of carbonyl (C=O) groups is 1. The van der Waals surface area contributed by atoms with Crippen LogP contribution in [0.3, 0.4) is 0 Å². The van der Waals surface area contributed by atoms with Gasteiger partial charge in [-0.25, -0.2) is 4.98 Å². The quantitative estimate of drug-likeness (QED) is 0.521. The molecule has 3 aromatic carbocycles. The Morgan fingerprint density at radius 3 is 2.61 bits per heavy atom. The number of ether oxygens (including phenoxy) is 3. The monoisotopic (exact) mass is 413 g/mol. The Bertz CT molecular complexity index is 1260. The molecule has 4 aromatic rings. The van der Waals surface area contributed by atoms with Crippen LogP contribution >= 0.6 is 0 Å². The molecule has 0 aliphatic carbocycles. The fourth-order valence-corrected chi connectivity index (χ4v) is 3.28. The van der Waals surface area contributed by atoms with Crippen molar-refractivity contribution in [3.63, 3.8) is 0 Å². The summed E-state index contributed by atoms with van der Waals surface area (Å²) in [4.78, 5) is 21.6. The molecule has 0 radical (unpaired) electrons. The molecule has 1 aromatic heterocycles. The molecule has 1 amide bonds. The predicted octanol–water partition coefficient (Wildman–Crippen LogP) is 4.43. The summed E-state index contributed by atoms with van der Waals surface area (Å²) in [7, 11) is 0. The van der Waals surface area contributed by atoms with Crippen molar-refractivity contribution in [1.82, 2.24) is 9.97 Å². The average Bonchev–Trinajstić information content (AvgIpc) is 3.27. The number of anilines is 1. The zero-order valence-corrected chi connectivity index (χ0v) is 16.7. The van der Waals surface area contributed by atoms with Gasteiger partial charge >= 0.3 is 0 Å². The van der Waals surface area contributed by atoms with Crippen molar-refractivity contribution in [1.29, 1.82) is 0 Å². The zero-order valence-electron chi connectivity index (χ0n) is 16.7. The molecule has 1 aliphatic rings. The molecule has 1 N–H and O–H groups in total.